The van der Waals surface area contributed by atoms with Crippen LogP contribution in [0.5, 0.6) is 0 Å². The third-order valence-corrected chi connectivity index (χ3v) is 4.67. The number of nitrogens with one attached hydrogen (secondary N) is 2. The first-order chi connectivity index (χ1) is 13.0. The molecule has 1 heterocycles. The van der Waals surface area contributed by atoms with Crippen LogP contribution in [-0.4, -0.2) is 34.8 Å². The molecule has 0 saturated carbocycles. The van der Waals surface area contributed by atoms with Gasteiger partial charge in [0.2, 0.25) is 11.8 Å². The summed E-state index contributed by atoms with van der Waals surface area (Å²) in [6, 6.07) is 16.1. The second kappa shape index (κ2) is 8.54. The quantitative estimate of drug-likeness (QED) is 0.677. The molecular weight excluding hydrogens is 338 g/mol. The first kappa shape index (κ1) is 18.7. The number of amides is 2. The molecule has 0 atom stereocenters. The van der Waals surface area contributed by atoms with E-state index in [9.17, 15) is 9.59 Å². The van der Waals surface area contributed by atoms with Gasteiger partial charge in [-0.25, -0.2) is 0 Å². The van der Waals surface area contributed by atoms with Gasteiger partial charge in [0.05, 0.1) is 6.54 Å². The Hall–Kier alpha value is -3.08. The standard InChI is InChI=1S/C22H25N3O2/c1-16-7-9-18(10-8-16)14-25(17(2)26)15-22(27)23-12-11-19-13-24-21-6-4-3-5-20(19)21/h3-10,13,24H,11-12,14-15H2,1-2H3,(H,23,27). The van der Waals surface area contributed by atoms with Gasteiger partial charge in [-0.3, -0.25) is 9.59 Å². The lowest BCUT2D eigenvalue weighted by Crippen LogP contribution is -2.39. The van der Waals surface area contributed by atoms with Crippen LogP contribution >= 0.6 is 0 Å². The lowest BCUT2D eigenvalue weighted by molar-refractivity contribution is -0.134. The Morgan fingerprint density at radius 1 is 1.07 bits per heavy atom. The van der Waals surface area contributed by atoms with Crippen LogP contribution in [0.1, 0.15) is 23.6 Å². The minimum Gasteiger partial charge on any atom is -0.361 e. The van der Waals surface area contributed by atoms with E-state index in [0.717, 1.165) is 17.5 Å². The van der Waals surface area contributed by atoms with E-state index in [1.807, 2.05) is 55.6 Å². The van der Waals surface area contributed by atoms with E-state index >= 15 is 0 Å². The van der Waals surface area contributed by atoms with Crippen LogP contribution in [0, 0.1) is 6.92 Å². The molecule has 3 rings (SSSR count). The van der Waals surface area contributed by atoms with Crippen LogP contribution in [0.2, 0.25) is 0 Å². The summed E-state index contributed by atoms with van der Waals surface area (Å²) >= 11 is 0. The molecule has 0 fully saturated rings. The lowest BCUT2D eigenvalue weighted by atomic mass is 10.1. The maximum atomic E-state index is 12.3. The molecule has 5 heteroatoms. The van der Waals surface area contributed by atoms with Crippen molar-refractivity contribution in [1.82, 2.24) is 15.2 Å². The first-order valence-electron chi connectivity index (χ1n) is 9.15. The molecule has 0 bridgehead atoms. The highest BCUT2D eigenvalue weighted by atomic mass is 16.2. The first-order valence-corrected chi connectivity index (χ1v) is 9.15. The lowest BCUT2D eigenvalue weighted by Gasteiger charge is -2.20. The topological polar surface area (TPSA) is 65.2 Å². The number of carbonyl (C=O) groups excluding carboxylic acids is 2. The monoisotopic (exact) mass is 363 g/mol. The van der Waals surface area contributed by atoms with Gasteiger partial charge >= 0.3 is 0 Å². The van der Waals surface area contributed by atoms with Crippen LogP contribution < -0.4 is 5.32 Å². The second-order valence-electron chi connectivity index (χ2n) is 6.82. The Morgan fingerprint density at radius 3 is 2.56 bits per heavy atom. The summed E-state index contributed by atoms with van der Waals surface area (Å²) in [5, 5.41) is 4.10. The van der Waals surface area contributed by atoms with E-state index in [1.54, 1.807) is 4.90 Å². The van der Waals surface area contributed by atoms with Crippen molar-refractivity contribution in [3.63, 3.8) is 0 Å². The van der Waals surface area contributed by atoms with Crippen molar-refractivity contribution >= 4 is 22.7 Å². The molecular formula is C22H25N3O2. The zero-order valence-electron chi connectivity index (χ0n) is 15.8. The molecule has 0 aliphatic heterocycles. The van der Waals surface area contributed by atoms with Gasteiger partial charge in [0.1, 0.15) is 0 Å². The number of fused-ring (bicyclic) bond motifs is 1. The Balaban J connectivity index is 1.52. The summed E-state index contributed by atoms with van der Waals surface area (Å²) in [5.74, 6) is -0.250. The number of hydrogen-bond donors (Lipinski definition) is 2. The summed E-state index contributed by atoms with van der Waals surface area (Å²) in [4.78, 5) is 29.0. The van der Waals surface area contributed by atoms with E-state index in [-0.39, 0.29) is 18.4 Å². The van der Waals surface area contributed by atoms with Crippen molar-refractivity contribution in [2.24, 2.45) is 0 Å². The van der Waals surface area contributed by atoms with Crippen LogP contribution in [0.15, 0.2) is 54.7 Å². The fourth-order valence-corrected chi connectivity index (χ4v) is 3.10. The molecule has 3 aromatic rings. The van der Waals surface area contributed by atoms with Crippen molar-refractivity contribution in [3.05, 3.63) is 71.4 Å². The highest BCUT2D eigenvalue weighted by Crippen LogP contribution is 2.17. The number of aryl methyl sites for hydroxylation is 1. The van der Waals surface area contributed by atoms with Gasteiger partial charge in [0, 0.05) is 37.1 Å². The number of hydrogen-bond acceptors (Lipinski definition) is 2. The molecule has 2 aromatic carbocycles. The van der Waals surface area contributed by atoms with E-state index in [1.165, 1.54) is 23.4 Å². The average molecular weight is 363 g/mol. The average Bonchev–Trinajstić information content (AvgIpc) is 3.06. The predicted octanol–water partition coefficient (Wildman–Crippen LogP) is 3.18. The molecule has 1 aromatic heterocycles. The third-order valence-electron chi connectivity index (χ3n) is 4.67. The highest BCUT2D eigenvalue weighted by Gasteiger charge is 2.14. The third kappa shape index (κ3) is 4.97. The van der Waals surface area contributed by atoms with Crippen LogP contribution in [0.4, 0.5) is 0 Å². The summed E-state index contributed by atoms with van der Waals surface area (Å²) in [6.07, 6.45) is 2.73. The Kier molecular flexibility index (Phi) is 5.91. The second-order valence-corrected chi connectivity index (χ2v) is 6.82. The molecule has 5 nitrogen and oxygen atoms in total. The van der Waals surface area contributed by atoms with Gasteiger partial charge in [-0.2, -0.15) is 0 Å². The van der Waals surface area contributed by atoms with Crippen molar-refractivity contribution < 1.29 is 9.59 Å². The Bertz CT molecular complexity index is 928. The summed E-state index contributed by atoms with van der Waals surface area (Å²) in [6.45, 7) is 4.56. The Morgan fingerprint density at radius 2 is 1.81 bits per heavy atom. The molecule has 0 saturated heterocycles. The number of carbonyl (C=O) groups is 2. The molecule has 140 valence electrons. The van der Waals surface area contributed by atoms with Gasteiger partial charge in [-0.05, 0) is 30.5 Å². The van der Waals surface area contributed by atoms with Gasteiger partial charge < -0.3 is 15.2 Å². The summed E-state index contributed by atoms with van der Waals surface area (Å²) in [7, 11) is 0. The normalized spacial score (nSPS) is 10.7. The van der Waals surface area contributed by atoms with E-state index in [0.29, 0.717) is 13.1 Å². The zero-order chi connectivity index (χ0) is 19.2. The van der Waals surface area contributed by atoms with Crippen LogP contribution in [0.3, 0.4) is 0 Å². The SMILES string of the molecule is CC(=O)N(CC(=O)NCCc1c[nH]c2ccccc12)Cc1ccc(C)cc1. The maximum absolute atomic E-state index is 12.3. The molecule has 2 N–H and O–H groups in total. The molecule has 2 amide bonds. The number of nitrogens with zero attached hydrogens (tertiary/aromatic N) is 1. The van der Waals surface area contributed by atoms with Gasteiger partial charge in [-0.1, -0.05) is 48.0 Å². The molecule has 0 aliphatic carbocycles. The highest BCUT2D eigenvalue weighted by molar-refractivity contribution is 5.84. The molecule has 27 heavy (non-hydrogen) atoms. The minimum absolute atomic E-state index is 0.0666. The zero-order valence-corrected chi connectivity index (χ0v) is 15.8. The van der Waals surface area contributed by atoms with Crippen LogP contribution in [0.25, 0.3) is 10.9 Å². The number of rotatable bonds is 7. The van der Waals surface area contributed by atoms with Crippen molar-refractivity contribution in [2.45, 2.75) is 26.8 Å². The number of benzene rings is 2. The fourth-order valence-electron chi connectivity index (χ4n) is 3.10. The van der Waals surface area contributed by atoms with Crippen molar-refractivity contribution in [2.75, 3.05) is 13.1 Å². The maximum Gasteiger partial charge on any atom is 0.239 e. The van der Waals surface area contributed by atoms with E-state index < -0.39 is 0 Å². The largest absolute Gasteiger partial charge is 0.361 e. The van der Waals surface area contributed by atoms with E-state index in [2.05, 4.69) is 16.4 Å². The van der Waals surface area contributed by atoms with Crippen molar-refractivity contribution in [1.29, 1.82) is 0 Å². The summed E-state index contributed by atoms with van der Waals surface area (Å²) in [5.41, 5.74) is 4.46. The predicted molar refractivity (Wildman–Crippen MR) is 107 cm³/mol. The Labute approximate surface area is 159 Å². The molecule has 0 aliphatic rings. The number of aromatic nitrogens is 1. The van der Waals surface area contributed by atoms with Crippen molar-refractivity contribution in [3.8, 4) is 0 Å². The van der Waals surface area contributed by atoms with Gasteiger partial charge in [-0.15, -0.1) is 0 Å². The summed E-state index contributed by atoms with van der Waals surface area (Å²) < 4.78 is 0. The molecule has 0 unspecified atom stereocenters. The molecule has 0 spiro atoms. The minimum atomic E-state index is -0.142. The smallest absolute Gasteiger partial charge is 0.239 e. The van der Waals surface area contributed by atoms with Gasteiger partial charge in [0.15, 0.2) is 0 Å². The number of aromatic amines is 1. The number of para-hydroxylation sites is 1. The van der Waals surface area contributed by atoms with Crippen LogP contribution in [-0.2, 0) is 22.6 Å². The van der Waals surface area contributed by atoms with E-state index in [4.69, 9.17) is 0 Å². The number of H-pyrrole nitrogens is 1. The van der Waals surface area contributed by atoms with Gasteiger partial charge in [0.25, 0.3) is 0 Å². The molecule has 0 radical (unpaired) electrons. The fraction of sp³-hybridized carbons (Fsp3) is 0.273.